The Labute approximate surface area is 136 Å². The zero-order chi connectivity index (χ0) is 17.1. The number of Topliss-reactive ketones (excluding diaryl/α,β-unsaturated/α-hetero) is 1. The molecule has 1 N–H and O–H groups in total. The molecule has 0 amide bonds. The number of ether oxygens (including phenoxy) is 1. The fourth-order valence-corrected chi connectivity index (χ4v) is 2.25. The van der Waals surface area contributed by atoms with E-state index in [-0.39, 0.29) is 18.0 Å². The Hall–Kier alpha value is -3.22. The third-order valence-electron chi connectivity index (χ3n) is 3.67. The van der Waals surface area contributed by atoms with Crippen LogP contribution in [0, 0.1) is 0 Å². The Balaban J connectivity index is 1.68. The molecule has 0 radical (unpaired) electrons. The van der Waals surface area contributed by atoms with Crippen molar-refractivity contribution < 1.29 is 14.3 Å². The summed E-state index contributed by atoms with van der Waals surface area (Å²) in [7, 11) is 0. The highest BCUT2D eigenvalue weighted by atomic mass is 16.5. The van der Waals surface area contributed by atoms with Crippen LogP contribution in [0.25, 0.3) is 5.65 Å². The van der Waals surface area contributed by atoms with Crippen LogP contribution in [0.1, 0.15) is 33.2 Å². The van der Waals surface area contributed by atoms with Gasteiger partial charge in [-0.25, -0.2) is 19.1 Å². The summed E-state index contributed by atoms with van der Waals surface area (Å²) in [4.78, 5) is 35.6. The minimum Gasteiger partial charge on any atom is -0.454 e. The maximum atomic E-state index is 12.1. The van der Waals surface area contributed by atoms with Gasteiger partial charge >= 0.3 is 11.7 Å². The number of aromatic nitrogens is 3. The van der Waals surface area contributed by atoms with E-state index in [2.05, 4.69) is 10.2 Å². The van der Waals surface area contributed by atoms with E-state index in [0.717, 1.165) is 12.0 Å². The van der Waals surface area contributed by atoms with Crippen molar-refractivity contribution >= 4 is 17.4 Å². The molecule has 0 saturated heterocycles. The molecule has 3 aromatic rings. The predicted octanol–water partition coefficient (Wildman–Crippen LogP) is 1.62. The standard InChI is InChI=1S/C17H15N3O4/c1-2-11-3-5-12(6-4-11)14(21)10-24-16(22)13-7-8-15-18-19-17(23)20(15)9-13/h3-9H,2,10H2,1H3,(H,19,23). The van der Waals surface area contributed by atoms with Gasteiger partial charge in [-0.15, -0.1) is 0 Å². The molecule has 1 aromatic carbocycles. The van der Waals surface area contributed by atoms with E-state index in [4.69, 9.17) is 4.74 Å². The zero-order valence-electron chi connectivity index (χ0n) is 13.0. The molecule has 7 nitrogen and oxygen atoms in total. The lowest BCUT2D eigenvalue weighted by Gasteiger charge is -2.05. The lowest BCUT2D eigenvalue weighted by Crippen LogP contribution is -2.16. The van der Waals surface area contributed by atoms with Crippen LogP contribution in [-0.2, 0) is 11.2 Å². The van der Waals surface area contributed by atoms with Crippen LogP contribution in [-0.4, -0.2) is 33.0 Å². The Morgan fingerprint density at radius 1 is 1.12 bits per heavy atom. The van der Waals surface area contributed by atoms with E-state index in [1.807, 2.05) is 19.1 Å². The zero-order valence-corrected chi connectivity index (χ0v) is 13.0. The number of hydrogen-bond acceptors (Lipinski definition) is 5. The molecule has 0 fully saturated rings. The normalized spacial score (nSPS) is 10.7. The van der Waals surface area contributed by atoms with E-state index >= 15 is 0 Å². The van der Waals surface area contributed by atoms with Crippen molar-refractivity contribution in [2.45, 2.75) is 13.3 Å². The van der Waals surface area contributed by atoms with Crippen LogP contribution in [0.5, 0.6) is 0 Å². The predicted molar refractivity (Wildman–Crippen MR) is 86.2 cm³/mol. The van der Waals surface area contributed by atoms with Gasteiger partial charge in [0.25, 0.3) is 0 Å². The molecule has 0 spiro atoms. The van der Waals surface area contributed by atoms with Crippen LogP contribution in [0.3, 0.4) is 0 Å². The lowest BCUT2D eigenvalue weighted by molar-refractivity contribution is 0.0474. The smallest absolute Gasteiger partial charge is 0.347 e. The molecule has 2 heterocycles. The Kier molecular flexibility index (Phi) is 4.24. The van der Waals surface area contributed by atoms with Crippen LogP contribution in [0.4, 0.5) is 0 Å². The average molecular weight is 325 g/mol. The number of aryl methyl sites for hydroxylation is 1. The van der Waals surface area contributed by atoms with Crippen molar-refractivity contribution in [2.75, 3.05) is 6.61 Å². The summed E-state index contributed by atoms with van der Waals surface area (Å²) in [6.45, 7) is 1.67. The molecule has 2 aromatic heterocycles. The molecule has 0 atom stereocenters. The summed E-state index contributed by atoms with van der Waals surface area (Å²) in [5.74, 6) is -0.962. The van der Waals surface area contributed by atoms with Gasteiger partial charge in [-0.1, -0.05) is 31.2 Å². The summed E-state index contributed by atoms with van der Waals surface area (Å²) in [5.41, 5.74) is 1.72. The van der Waals surface area contributed by atoms with Crippen molar-refractivity contribution in [3.8, 4) is 0 Å². The van der Waals surface area contributed by atoms with Crippen molar-refractivity contribution in [1.29, 1.82) is 0 Å². The number of benzene rings is 1. The van der Waals surface area contributed by atoms with E-state index in [9.17, 15) is 14.4 Å². The highest BCUT2D eigenvalue weighted by Crippen LogP contribution is 2.08. The lowest BCUT2D eigenvalue weighted by atomic mass is 10.1. The molecular weight excluding hydrogens is 310 g/mol. The fourth-order valence-electron chi connectivity index (χ4n) is 2.25. The summed E-state index contributed by atoms with van der Waals surface area (Å²) in [6.07, 6.45) is 2.21. The number of rotatable bonds is 5. The largest absolute Gasteiger partial charge is 0.454 e. The van der Waals surface area contributed by atoms with Gasteiger partial charge in [0.15, 0.2) is 18.0 Å². The van der Waals surface area contributed by atoms with Crippen LogP contribution >= 0.6 is 0 Å². The number of pyridine rings is 1. The molecule has 0 aliphatic carbocycles. The first-order chi connectivity index (χ1) is 11.6. The number of carbonyl (C=O) groups is 2. The van der Waals surface area contributed by atoms with Gasteiger partial charge < -0.3 is 4.74 Å². The third-order valence-corrected chi connectivity index (χ3v) is 3.67. The topological polar surface area (TPSA) is 93.5 Å². The second-order valence-electron chi connectivity index (χ2n) is 5.22. The van der Waals surface area contributed by atoms with Crippen molar-refractivity contribution in [2.24, 2.45) is 0 Å². The number of fused-ring (bicyclic) bond motifs is 1. The van der Waals surface area contributed by atoms with Crippen LogP contribution in [0.2, 0.25) is 0 Å². The van der Waals surface area contributed by atoms with Gasteiger partial charge in [0, 0.05) is 11.8 Å². The number of nitrogens with one attached hydrogen (secondary N) is 1. The second-order valence-corrected chi connectivity index (χ2v) is 5.22. The number of esters is 1. The molecule has 0 unspecified atom stereocenters. The number of nitrogens with zero attached hydrogens (tertiary/aromatic N) is 2. The molecule has 0 aliphatic rings. The Bertz CT molecular complexity index is 954. The molecule has 0 aliphatic heterocycles. The molecular formula is C17H15N3O4. The Morgan fingerprint density at radius 3 is 2.54 bits per heavy atom. The van der Waals surface area contributed by atoms with Gasteiger partial charge in [-0.05, 0) is 24.1 Å². The fraction of sp³-hybridized carbons (Fsp3) is 0.176. The first-order valence-electron chi connectivity index (χ1n) is 7.44. The monoisotopic (exact) mass is 325 g/mol. The number of H-pyrrole nitrogens is 1. The summed E-state index contributed by atoms with van der Waals surface area (Å²) in [6, 6.07) is 10.2. The molecule has 7 heteroatoms. The summed E-state index contributed by atoms with van der Waals surface area (Å²) >= 11 is 0. The minimum atomic E-state index is -0.677. The SMILES string of the molecule is CCc1ccc(C(=O)COC(=O)c2ccc3n[nH]c(=O)n3c2)cc1. The molecule has 122 valence electrons. The molecule has 0 bridgehead atoms. The number of ketones is 1. The van der Waals surface area contributed by atoms with Gasteiger partial charge in [-0.2, -0.15) is 5.10 Å². The maximum absolute atomic E-state index is 12.1. The molecule has 24 heavy (non-hydrogen) atoms. The van der Waals surface area contributed by atoms with Gasteiger partial charge in [0.05, 0.1) is 5.56 Å². The number of aromatic amines is 1. The van der Waals surface area contributed by atoms with E-state index in [0.29, 0.717) is 11.2 Å². The molecule has 0 saturated carbocycles. The second kappa shape index (κ2) is 6.49. The minimum absolute atomic E-state index is 0.167. The van der Waals surface area contributed by atoms with Gasteiger partial charge in [0.1, 0.15) is 0 Å². The number of hydrogen-bond donors (Lipinski definition) is 1. The average Bonchev–Trinajstić information content (AvgIpc) is 3.00. The van der Waals surface area contributed by atoms with E-state index in [1.54, 1.807) is 12.1 Å². The van der Waals surface area contributed by atoms with Crippen LogP contribution in [0.15, 0.2) is 47.4 Å². The van der Waals surface area contributed by atoms with E-state index < -0.39 is 11.7 Å². The van der Waals surface area contributed by atoms with Gasteiger partial charge in [0.2, 0.25) is 0 Å². The molecule has 3 rings (SSSR count). The van der Waals surface area contributed by atoms with Crippen LogP contribution < -0.4 is 5.69 Å². The van der Waals surface area contributed by atoms with Crippen molar-refractivity contribution in [3.05, 3.63) is 69.8 Å². The highest BCUT2D eigenvalue weighted by molar-refractivity contribution is 5.99. The first kappa shape index (κ1) is 15.7. The quantitative estimate of drug-likeness (QED) is 0.568. The maximum Gasteiger partial charge on any atom is 0.347 e. The summed E-state index contributed by atoms with van der Waals surface area (Å²) < 4.78 is 6.23. The highest BCUT2D eigenvalue weighted by Gasteiger charge is 2.13. The van der Waals surface area contributed by atoms with Crippen molar-refractivity contribution in [1.82, 2.24) is 14.6 Å². The number of carbonyl (C=O) groups excluding carboxylic acids is 2. The Morgan fingerprint density at radius 2 is 1.83 bits per heavy atom. The van der Waals surface area contributed by atoms with Crippen molar-refractivity contribution in [3.63, 3.8) is 0 Å². The first-order valence-corrected chi connectivity index (χ1v) is 7.44. The van der Waals surface area contributed by atoms with Gasteiger partial charge in [-0.3, -0.25) is 4.79 Å². The summed E-state index contributed by atoms with van der Waals surface area (Å²) in [5, 5.41) is 6.04. The van der Waals surface area contributed by atoms with E-state index in [1.165, 1.54) is 22.7 Å². The third kappa shape index (κ3) is 3.10.